The predicted octanol–water partition coefficient (Wildman–Crippen LogP) is 1.55. The van der Waals surface area contributed by atoms with Gasteiger partial charge in [-0.2, -0.15) is 0 Å². The number of hydrogen-bond acceptors (Lipinski definition) is 10. The number of fused-ring (bicyclic) bond motifs is 3. The summed E-state index contributed by atoms with van der Waals surface area (Å²) >= 11 is 0. The van der Waals surface area contributed by atoms with E-state index in [2.05, 4.69) is 5.32 Å². The number of aliphatic hydroxyl groups excluding tert-OH is 3. The van der Waals surface area contributed by atoms with Gasteiger partial charge in [0.15, 0.2) is 11.4 Å². The largest absolute Gasteiger partial charge is 0.508 e. The average molecular weight is 531 g/mol. The molecule has 0 aromatic heterocycles. The number of benzene rings is 1. The molecule has 204 valence electrons. The number of Topliss-reactive ketones (excluding diaryl/α,β-unsaturated/α-hetero) is 2. The highest BCUT2D eigenvalue weighted by atomic mass is 16.5. The molecule has 38 heavy (non-hydrogen) atoms. The molecule has 0 aliphatic heterocycles. The van der Waals surface area contributed by atoms with Gasteiger partial charge in [-0.3, -0.25) is 19.7 Å². The minimum atomic E-state index is -2.92. The van der Waals surface area contributed by atoms with Crippen LogP contribution in [-0.4, -0.2) is 67.4 Å². The Bertz CT molecular complexity index is 1340. The van der Waals surface area contributed by atoms with Gasteiger partial charge in [0.2, 0.25) is 5.78 Å². The first-order valence-electron chi connectivity index (χ1n) is 12.0. The van der Waals surface area contributed by atoms with Crippen LogP contribution in [0.3, 0.4) is 0 Å². The fourth-order valence-corrected chi connectivity index (χ4v) is 5.53. The lowest BCUT2D eigenvalue weighted by Crippen LogP contribution is -2.63. The maximum atomic E-state index is 13.7. The van der Waals surface area contributed by atoms with E-state index in [0.717, 1.165) is 0 Å². The van der Waals surface area contributed by atoms with Gasteiger partial charge in [0.1, 0.15) is 22.8 Å². The third kappa shape index (κ3) is 3.91. The molecular formula is C26H30N2O10. The Balaban J connectivity index is 1.83. The highest BCUT2D eigenvalue weighted by Crippen LogP contribution is 2.56. The molecular weight excluding hydrogens is 500 g/mol. The first-order valence-corrected chi connectivity index (χ1v) is 12.0. The molecule has 5 unspecified atom stereocenters. The molecule has 1 aromatic carbocycles. The van der Waals surface area contributed by atoms with E-state index in [9.17, 15) is 44.7 Å². The van der Waals surface area contributed by atoms with Gasteiger partial charge in [-0.15, -0.1) is 0 Å². The van der Waals surface area contributed by atoms with Crippen molar-refractivity contribution in [3.8, 4) is 5.75 Å². The Morgan fingerprint density at radius 2 is 1.82 bits per heavy atom. The Labute approximate surface area is 217 Å². The van der Waals surface area contributed by atoms with Crippen molar-refractivity contribution in [2.45, 2.75) is 51.7 Å². The number of anilines is 1. The van der Waals surface area contributed by atoms with Gasteiger partial charge in [-0.1, -0.05) is 33.8 Å². The maximum absolute atomic E-state index is 13.7. The van der Waals surface area contributed by atoms with Gasteiger partial charge in [0, 0.05) is 23.8 Å². The van der Waals surface area contributed by atoms with Gasteiger partial charge >= 0.3 is 6.09 Å². The van der Waals surface area contributed by atoms with Gasteiger partial charge < -0.3 is 36.0 Å². The van der Waals surface area contributed by atoms with Gasteiger partial charge in [0.05, 0.1) is 24.0 Å². The third-order valence-electron chi connectivity index (χ3n) is 7.37. The molecule has 1 saturated carbocycles. The van der Waals surface area contributed by atoms with E-state index in [1.54, 1.807) is 6.92 Å². The van der Waals surface area contributed by atoms with Crippen LogP contribution in [0.1, 0.15) is 51.2 Å². The molecule has 3 aliphatic carbocycles. The number of aromatic hydroxyl groups is 1. The monoisotopic (exact) mass is 530 g/mol. The lowest BCUT2D eigenvalue weighted by molar-refractivity contribution is -0.160. The molecule has 5 atom stereocenters. The van der Waals surface area contributed by atoms with Crippen molar-refractivity contribution in [1.82, 2.24) is 0 Å². The molecule has 0 spiro atoms. The van der Waals surface area contributed by atoms with Crippen LogP contribution in [0.2, 0.25) is 0 Å². The molecule has 4 rings (SSSR count). The summed E-state index contributed by atoms with van der Waals surface area (Å²) in [6, 6.07) is 2.85. The van der Waals surface area contributed by atoms with E-state index in [-0.39, 0.29) is 23.3 Å². The fraction of sp³-hybridized carbons (Fsp3) is 0.462. The number of ether oxygens (including phenoxy) is 1. The van der Waals surface area contributed by atoms with E-state index < -0.39 is 87.9 Å². The summed E-state index contributed by atoms with van der Waals surface area (Å²) in [4.78, 5) is 50.2. The number of amides is 2. The van der Waals surface area contributed by atoms with Crippen LogP contribution in [0, 0.1) is 17.3 Å². The fourth-order valence-electron chi connectivity index (χ4n) is 5.53. The molecule has 0 saturated heterocycles. The molecule has 2 amide bonds. The summed E-state index contributed by atoms with van der Waals surface area (Å²) in [6.07, 6.45) is -3.14. The Hall–Kier alpha value is -3.90. The smallest absolute Gasteiger partial charge is 0.411 e. The topological polar surface area (TPSA) is 217 Å². The highest BCUT2D eigenvalue weighted by Gasteiger charge is 2.64. The number of carbonyl (C=O) groups excluding carboxylic acids is 4. The number of rotatable bonds is 3. The molecule has 0 heterocycles. The normalized spacial score (nSPS) is 28.9. The number of phenolic OH excluding ortho intramolecular Hbond substituents is 1. The third-order valence-corrected chi connectivity index (χ3v) is 7.37. The average Bonchev–Trinajstić information content (AvgIpc) is 2.81. The minimum absolute atomic E-state index is 0.0808. The van der Waals surface area contributed by atoms with Crippen LogP contribution < -0.4 is 11.1 Å². The highest BCUT2D eigenvalue weighted by molar-refractivity contribution is 6.23. The van der Waals surface area contributed by atoms with Crippen molar-refractivity contribution >= 4 is 35.0 Å². The zero-order chi connectivity index (χ0) is 28.5. The molecule has 3 aliphatic rings. The van der Waals surface area contributed by atoms with Crippen LogP contribution >= 0.6 is 0 Å². The van der Waals surface area contributed by atoms with Crippen LogP contribution in [0.25, 0.3) is 5.76 Å². The molecule has 12 nitrogen and oxygen atoms in total. The Morgan fingerprint density at radius 3 is 2.39 bits per heavy atom. The van der Waals surface area contributed by atoms with Crippen molar-refractivity contribution in [3.05, 3.63) is 40.2 Å². The molecule has 0 radical (unpaired) electrons. The van der Waals surface area contributed by atoms with Crippen molar-refractivity contribution in [2.75, 3.05) is 11.9 Å². The summed E-state index contributed by atoms with van der Waals surface area (Å²) in [7, 11) is 0. The first kappa shape index (κ1) is 27.1. The Morgan fingerprint density at radius 1 is 1.18 bits per heavy atom. The minimum Gasteiger partial charge on any atom is -0.508 e. The van der Waals surface area contributed by atoms with Crippen molar-refractivity contribution in [1.29, 1.82) is 0 Å². The maximum Gasteiger partial charge on any atom is 0.411 e. The predicted molar refractivity (Wildman–Crippen MR) is 132 cm³/mol. The van der Waals surface area contributed by atoms with E-state index in [4.69, 9.17) is 10.5 Å². The number of aliphatic hydroxyl groups is 4. The lowest BCUT2D eigenvalue weighted by Gasteiger charge is -2.50. The second kappa shape index (κ2) is 8.84. The zero-order valence-electron chi connectivity index (χ0n) is 21.2. The van der Waals surface area contributed by atoms with Crippen molar-refractivity contribution in [2.24, 2.45) is 23.0 Å². The van der Waals surface area contributed by atoms with Crippen LogP contribution in [0.4, 0.5) is 10.5 Å². The van der Waals surface area contributed by atoms with Crippen LogP contribution in [-0.2, 0) is 19.1 Å². The summed E-state index contributed by atoms with van der Waals surface area (Å²) in [6.45, 7) is 7.25. The standard InChI is InChI=1S/C26H30N2O10/c1-9-10-5-6-12(28-24(36)38-8-25(2,3)4)19(31)15(10)20(32)17-14(9)18(30)11-7-13(29)16(23(27)35)21(33)26(11,37)22(17)34/h5-6,9,11,14,18,30-33,37H,7-8H2,1-4H3,(H2,27,35)(H,28,36). The van der Waals surface area contributed by atoms with E-state index in [1.807, 2.05) is 20.8 Å². The summed E-state index contributed by atoms with van der Waals surface area (Å²) in [5, 5.41) is 57.8. The van der Waals surface area contributed by atoms with E-state index >= 15 is 0 Å². The van der Waals surface area contributed by atoms with Crippen molar-refractivity contribution < 1.29 is 49.4 Å². The number of nitrogens with one attached hydrogen (secondary N) is 1. The number of hydrogen-bond donors (Lipinski definition) is 7. The molecule has 1 aromatic rings. The number of carbonyl (C=O) groups is 4. The molecule has 8 N–H and O–H groups in total. The number of primary amides is 1. The summed E-state index contributed by atoms with van der Waals surface area (Å²) in [5.74, 6) is -9.64. The first-order chi connectivity index (χ1) is 17.5. The lowest BCUT2D eigenvalue weighted by atomic mass is 9.55. The number of ketones is 2. The van der Waals surface area contributed by atoms with Crippen LogP contribution in [0.15, 0.2) is 29.0 Å². The number of phenols is 1. The molecule has 1 fully saturated rings. The quantitative estimate of drug-likeness (QED) is 0.221. The SMILES string of the molecule is CC1c2ccc(NC(=O)OCC(C)(C)C)c(O)c2C(O)=C2C(=O)C3(O)C(O)=C(C(N)=O)C(=O)CC3C(O)C21. The second-order valence-electron chi connectivity index (χ2n) is 11.2. The van der Waals surface area contributed by atoms with Gasteiger partial charge in [0.25, 0.3) is 5.91 Å². The number of nitrogens with two attached hydrogens (primary N) is 1. The van der Waals surface area contributed by atoms with Gasteiger partial charge in [-0.25, -0.2) is 4.79 Å². The van der Waals surface area contributed by atoms with Gasteiger partial charge in [-0.05, 0) is 23.0 Å². The van der Waals surface area contributed by atoms with E-state index in [1.165, 1.54) is 12.1 Å². The second-order valence-corrected chi connectivity index (χ2v) is 11.2. The van der Waals surface area contributed by atoms with E-state index in [0.29, 0.717) is 5.56 Å². The summed E-state index contributed by atoms with van der Waals surface area (Å²) in [5.41, 5.74) is 0.413. The Kier molecular flexibility index (Phi) is 6.32. The molecule has 12 heteroatoms. The summed E-state index contributed by atoms with van der Waals surface area (Å²) < 4.78 is 5.14. The van der Waals surface area contributed by atoms with Crippen LogP contribution in [0.5, 0.6) is 5.75 Å². The molecule has 0 bridgehead atoms. The van der Waals surface area contributed by atoms with Crippen molar-refractivity contribution in [3.63, 3.8) is 0 Å². The zero-order valence-corrected chi connectivity index (χ0v) is 21.2.